The molecule has 148 valence electrons. The molecule has 9 nitrogen and oxygen atoms in total. The molecule has 0 aliphatic heterocycles. The van der Waals surface area contributed by atoms with Gasteiger partial charge >= 0.3 is 0 Å². The number of rotatable bonds is 8. The number of hydrogen-bond donors (Lipinski definition) is 2. The van der Waals surface area contributed by atoms with Gasteiger partial charge in [0.05, 0.1) is 17.4 Å². The van der Waals surface area contributed by atoms with Crippen LogP contribution < -0.4 is 10.6 Å². The van der Waals surface area contributed by atoms with E-state index in [1.54, 1.807) is 18.5 Å². The maximum atomic E-state index is 12.4. The lowest BCUT2D eigenvalue weighted by molar-refractivity contribution is -0.116. The highest BCUT2D eigenvalue weighted by Gasteiger charge is 2.21. The predicted octanol–water partition coefficient (Wildman–Crippen LogP) is 2.82. The molecule has 2 amide bonds. The van der Waals surface area contributed by atoms with Crippen LogP contribution in [0.5, 0.6) is 0 Å². The van der Waals surface area contributed by atoms with Crippen LogP contribution in [-0.4, -0.2) is 41.8 Å². The van der Waals surface area contributed by atoms with Gasteiger partial charge in [-0.05, 0) is 20.8 Å². The highest BCUT2D eigenvalue weighted by atomic mass is 32.2. The molecule has 2 N–H and O–H groups in total. The van der Waals surface area contributed by atoms with Crippen LogP contribution in [0.4, 0.5) is 10.3 Å². The number of thiazole rings is 2. The van der Waals surface area contributed by atoms with E-state index in [9.17, 15) is 9.59 Å². The van der Waals surface area contributed by atoms with E-state index in [2.05, 4.69) is 30.8 Å². The van der Waals surface area contributed by atoms with Crippen LogP contribution in [0.1, 0.15) is 25.4 Å². The molecule has 0 saturated carbocycles. The van der Waals surface area contributed by atoms with Crippen molar-refractivity contribution in [3.8, 4) is 0 Å². The van der Waals surface area contributed by atoms with Crippen molar-refractivity contribution in [3.63, 3.8) is 0 Å². The van der Waals surface area contributed by atoms with Crippen molar-refractivity contribution in [2.45, 2.75) is 44.1 Å². The van der Waals surface area contributed by atoms with Gasteiger partial charge in [-0.25, -0.2) is 9.97 Å². The predicted molar refractivity (Wildman–Crippen MR) is 111 cm³/mol. The summed E-state index contributed by atoms with van der Waals surface area (Å²) in [4.78, 5) is 32.9. The number of hydrogen-bond acceptors (Lipinski definition) is 9. The summed E-state index contributed by atoms with van der Waals surface area (Å²) in [5.74, 6) is 0.175. The van der Waals surface area contributed by atoms with E-state index in [4.69, 9.17) is 0 Å². The number of aromatic nitrogens is 5. The van der Waals surface area contributed by atoms with Crippen LogP contribution in [0.2, 0.25) is 0 Å². The van der Waals surface area contributed by atoms with Gasteiger partial charge in [-0.2, -0.15) is 0 Å². The Morgan fingerprint density at radius 2 is 2.07 bits per heavy atom. The minimum Gasteiger partial charge on any atom is -0.306 e. The van der Waals surface area contributed by atoms with Crippen LogP contribution >= 0.6 is 34.4 Å². The topological polar surface area (TPSA) is 115 Å². The molecule has 0 radical (unpaired) electrons. The van der Waals surface area contributed by atoms with Gasteiger partial charge in [-0.15, -0.1) is 32.9 Å². The van der Waals surface area contributed by atoms with Crippen molar-refractivity contribution >= 4 is 56.5 Å². The first-order valence-corrected chi connectivity index (χ1v) is 11.1. The largest absolute Gasteiger partial charge is 0.306 e. The van der Waals surface area contributed by atoms with Gasteiger partial charge in [0.1, 0.15) is 5.82 Å². The number of anilines is 2. The number of nitrogens with zero attached hydrogens (tertiary/aromatic N) is 5. The molecule has 0 fully saturated rings. The Balaban J connectivity index is 1.62. The molecule has 0 bridgehead atoms. The van der Waals surface area contributed by atoms with Crippen molar-refractivity contribution in [2.75, 3.05) is 10.6 Å². The van der Waals surface area contributed by atoms with E-state index >= 15 is 0 Å². The molecule has 3 rings (SSSR count). The minimum atomic E-state index is -0.393. The number of carbonyl (C=O) groups is 2. The van der Waals surface area contributed by atoms with E-state index in [1.165, 1.54) is 34.4 Å². The summed E-state index contributed by atoms with van der Waals surface area (Å²) in [5, 5.41) is 18.8. The van der Waals surface area contributed by atoms with E-state index in [0.717, 1.165) is 5.69 Å². The number of aryl methyl sites for hydroxylation is 1. The molecule has 3 aromatic heterocycles. The Bertz CT molecular complexity index is 952. The molecule has 0 spiro atoms. The summed E-state index contributed by atoms with van der Waals surface area (Å²) in [6.07, 6.45) is 1.71. The number of thioether (sulfide) groups is 1. The van der Waals surface area contributed by atoms with Crippen molar-refractivity contribution in [1.29, 1.82) is 0 Å². The maximum Gasteiger partial charge on any atom is 0.239 e. The van der Waals surface area contributed by atoms with Gasteiger partial charge in [0, 0.05) is 23.5 Å². The summed E-state index contributed by atoms with van der Waals surface area (Å²) in [5.41, 5.74) is 0.868. The molecule has 0 saturated heterocycles. The summed E-state index contributed by atoms with van der Waals surface area (Å²) >= 11 is 4.03. The summed E-state index contributed by atoms with van der Waals surface area (Å²) in [6, 6.07) is 0. The van der Waals surface area contributed by atoms with Crippen molar-refractivity contribution in [1.82, 2.24) is 24.7 Å². The average Bonchev–Trinajstić information content (AvgIpc) is 3.38. The minimum absolute atomic E-state index is 0.0833. The first-order valence-electron chi connectivity index (χ1n) is 8.47. The van der Waals surface area contributed by atoms with Crippen molar-refractivity contribution in [2.24, 2.45) is 0 Å². The zero-order chi connectivity index (χ0) is 20.1. The molecule has 28 heavy (non-hydrogen) atoms. The van der Waals surface area contributed by atoms with E-state index in [0.29, 0.717) is 27.8 Å². The normalized spacial score (nSPS) is 12.0. The van der Waals surface area contributed by atoms with Crippen LogP contribution in [0.25, 0.3) is 0 Å². The van der Waals surface area contributed by atoms with Crippen LogP contribution in [0.3, 0.4) is 0 Å². The molecule has 3 heterocycles. The SMILES string of the molecule is CCn1c(CC(=O)Nc2nccs2)nnc1S[C@H](C)C(=O)Nc1nc(C)cs1. The Hall–Kier alpha value is -2.31. The zero-order valence-corrected chi connectivity index (χ0v) is 18.0. The third-order valence-electron chi connectivity index (χ3n) is 3.61. The van der Waals surface area contributed by atoms with Gasteiger partial charge in [0.15, 0.2) is 15.4 Å². The lowest BCUT2D eigenvalue weighted by Crippen LogP contribution is -2.23. The number of carbonyl (C=O) groups excluding carboxylic acids is 2. The molecular weight excluding hydrogens is 418 g/mol. The van der Waals surface area contributed by atoms with Gasteiger partial charge in [-0.1, -0.05) is 11.8 Å². The summed E-state index contributed by atoms with van der Waals surface area (Å²) in [6.45, 7) is 6.21. The molecule has 0 aliphatic rings. The van der Waals surface area contributed by atoms with Crippen LogP contribution in [-0.2, 0) is 22.6 Å². The number of nitrogens with one attached hydrogen (secondary N) is 2. The van der Waals surface area contributed by atoms with Gasteiger partial charge in [-0.3, -0.25) is 9.59 Å². The fraction of sp³-hybridized carbons (Fsp3) is 0.375. The van der Waals surface area contributed by atoms with E-state index < -0.39 is 5.25 Å². The van der Waals surface area contributed by atoms with Crippen LogP contribution in [0.15, 0.2) is 22.1 Å². The Labute approximate surface area is 174 Å². The molecule has 0 aliphatic carbocycles. The number of amides is 2. The quantitative estimate of drug-likeness (QED) is 0.521. The lowest BCUT2D eigenvalue weighted by atomic mass is 10.4. The van der Waals surface area contributed by atoms with Crippen LogP contribution in [0, 0.1) is 6.92 Å². The second-order valence-corrected chi connectivity index (χ2v) is 8.81. The second-order valence-electron chi connectivity index (χ2n) is 5.75. The van der Waals surface area contributed by atoms with Gasteiger partial charge in [0.25, 0.3) is 0 Å². The standard InChI is InChI=1S/C16H19N7O2S3/c1-4-23-11(7-12(24)19-14-17-5-6-26-14)21-22-16(23)28-10(3)13(25)20-15-18-9(2)8-27-15/h5-6,8,10H,4,7H2,1-3H3,(H,17,19,24)(H,18,20,25)/t10-/m1/s1. The third kappa shape index (κ3) is 5.14. The fourth-order valence-corrected chi connectivity index (χ4v) is 4.44. The van der Waals surface area contributed by atoms with E-state index in [-0.39, 0.29) is 18.2 Å². The second kappa shape index (κ2) is 9.26. The van der Waals surface area contributed by atoms with Crippen molar-refractivity contribution in [3.05, 3.63) is 28.5 Å². The third-order valence-corrected chi connectivity index (χ3v) is 6.25. The molecule has 0 unspecified atom stereocenters. The highest BCUT2D eigenvalue weighted by Crippen LogP contribution is 2.24. The smallest absolute Gasteiger partial charge is 0.239 e. The zero-order valence-electron chi connectivity index (χ0n) is 15.5. The van der Waals surface area contributed by atoms with Gasteiger partial charge in [0.2, 0.25) is 11.8 Å². The molecule has 1 atom stereocenters. The molecular formula is C16H19N7O2S3. The average molecular weight is 438 g/mol. The Kier molecular flexibility index (Phi) is 6.75. The Morgan fingerprint density at radius 3 is 2.71 bits per heavy atom. The Morgan fingerprint density at radius 1 is 1.25 bits per heavy atom. The molecule has 0 aromatic carbocycles. The summed E-state index contributed by atoms with van der Waals surface area (Å²) in [7, 11) is 0. The first kappa shape index (κ1) is 20.4. The first-order chi connectivity index (χ1) is 13.5. The van der Waals surface area contributed by atoms with Gasteiger partial charge < -0.3 is 15.2 Å². The molecule has 12 heteroatoms. The van der Waals surface area contributed by atoms with E-state index in [1.807, 2.05) is 23.8 Å². The lowest BCUT2D eigenvalue weighted by Gasteiger charge is -2.11. The molecule has 3 aromatic rings. The monoisotopic (exact) mass is 437 g/mol. The van der Waals surface area contributed by atoms with Crippen molar-refractivity contribution < 1.29 is 9.59 Å². The highest BCUT2D eigenvalue weighted by molar-refractivity contribution is 8.00. The maximum absolute atomic E-state index is 12.4. The fourth-order valence-electron chi connectivity index (χ4n) is 2.28. The summed E-state index contributed by atoms with van der Waals surface area (Å²) < 4.78 is 1.84.